The molecule has 0 saturated heterocycles. The van der Waals surface area contributed by atoms with Crippen LogP contribution in [0.15, 0.2) is 57.7 Å². The van der Waals surface area contributed by atoms with E-state index in [1.54, 1.807) is 6.07 Å². The Hall–Kier alpha value is -2.30. The summed E-state index contributed by atoms with van der Waals surface area (Å²) in [5.74, 6) is 0.384. The lowest BCUT2D eigenvalue weighted by Gasteiger charge is -2.31. The molecule has 0 saturated carbocycles. The minimum absolute atomic E-state index is 0.168. The molecule has 0 aliphatic carbocycles. The molecule has 1 aliphatic heterocycles. The second-order valence-corrected chi connectivity index (χ2v) is 6.41. The van der Waals surface area contributed by atoms with E-state index in [9.17, 15) is 4.79 Å². The molecule has 128 valence electrons. The SMILES string of the molecule is CCO[C@H]1C[C@H](c2ccc(Cl)cc2)c2c(c3ccccc3oc2=O)O1. The van der Waals surface area contributed by atoms with Gasteiger partial charge in [-0.2, -0.15) is 0 Å². The topological polar surface area (TPSA) is 48.7 Å². The number of para-hydroxylation sites is 1. The van der Waals surface area contributed by atoms with Crippen LogP contribution in [0, 0.1) is 0 Å². The van der Waals surface area contributed by atoms with Gasteiger partial charge < -0.3 is 13.9 Å². The lowest BCUT2D eigenvalue weighted by Crippen LogP contribution is -2.32. The van der Waals surface area contributed by atoms with E-state index in [0.717, 1.165) is 10.9 Å². The number of hydrogen-bond donors (Lipinski definition) is 0. The molecule has 4 nitrogen and oxygen atoms in total. The predicted octanol–water partition coefficient (Wildman–Crippen LogP) is 4.72. The van der Waals surface area contributed by atoms with Crippen LogP contribution in [0.4, 0.5) is 0 Å². The van der Waals surface area contributed by atoms with Crippen molar-refractivity contribution in [2.45, 2.75) is 25.6 Å². The number of benzene rings is 2. The summed E-state index contributed by atoms with van der Waals surface area (Å²) in [6.07, 6.45) is 0.134. The summed E-state index contributed by atoms with van der Waals surface area (Å²) in [4.78, 5) is 12.7. The van der Waals surface area contributed by atoms with Gasteiger partial charge in [-0.15, -0.1) is 0 Å². The molecule has 0 unspecified atom stereocenters. The summed E-state index contributed by atoms with van der Waals surface area (Å²) in [5.41, 5.74) is 1.67. The third kappa shape index (κ3) is 2.92. The van der Waals surface area contributed by atoms with Crippen LogP contribution < -0.4 is 10.4 Å². The van der Waals surface area contributed by atoms with Crippen molar-refractivity contribution in [1.29, 1.82) is 0 Å². The van der Waals surface area contributed by atoms with Crippen molar-refractivity contribution < 1.29 is 13.9 Å². The number of rotatable bonds is 3. The van der Waals surface area contributed by atoms with Gasteiger partial charge in [0, 0.05) is 24.0 Å². The maximum atomic E-state index is 12.7. The maximum Gasteiger partial charge on any atom is 0.343 e. The number of ether oxygens (including phenoxy) is 2. The van der Waals surface area contributed by atoms with Gasteiger partial charge in [0.1, 0.15) is 11.3 Å². The van der Waals surface area contributed by atoms with Crippen LogP contribution >= 0.6 is 11.6 Å². The monoisotopic (exact) mass is 356 g/mol. The van der Waals surface area contributed by atoms with Crippen LogP contribution in [-0.4, -0.2) is 12.9 Å². The van der Waals surface area contributed by atoms with Crippen LogP contribution in [0.3, 0.4) is 0 Å². The Bertz CT molecular complexity index is 962. The first-order valence-electron chi connectivity index (χ1n) is 8.27. The zero-order chi connectivity index (χ0) is 17.4. The number of halogens is 1. The van der Waals surface area contributed by atoms with Crippen molar-refractivity contribution in [2.75, 3.05) is 6.61 Å². The standard InChI is InChI=1S/C20H17ClO4/c1-2-23-17-11-15(12-7-9-13(21)10-8-12)18-19(25-17)14-5-3-4-6-16(14)24-20(18)22/h3-10,15,17H,2,11H2,1H3/t15-,17-/m1/s1. The Balaban J connectivity index is 1.93. The first-order valence-corrected chi connectivity index (χ1v) is 8.64. The van der Waals surface area contributed by atoms with Gasteiger partial charge in [0.15, 0.2) is 0 Å². The second-order valence-electron chi connectivity index (χ2n) is 5.97. The van der Waals surface area contributed by atoms with E-state index in [0.29, 0.717) is 34.9 Å². The van der Waals surface area contributed by atoms with Crippen molar-refractivity contribution in [3.05, 3.63) is 75.1 Å². The fraction of sp³-hybridized carbons (Fsp3) is 0.250. The molecular formula is C20H17ClO4. The quantitative estimate of drug-likeness (QED) is 0.637. The van der Waals surface area contributed by atoms with E-state index >= 15 is 0 Å². The van der Waals surface area contributed by atoms with Gasteiger partial charge in [-0.3, -0.25) is 0 Å². The largest absolute Gasteiger partial charge is 0.464 e. The second kappa shape index (κ2) is 6.54. The summed E-state index contributed by atoms with van der Waals surface area (Å²) >= 11 is 6.01. The lowest BCUT2D eigenvalue weighted by atomic mass is 9.86. The van der Waals surface area contributed by atoms with Gasteiger partial charge in [-0.1, -0.05) is 35.9 Å². The highest BCUT2D eigenvalue weighted by Crippen LogP contribution is 2.42. The zero-order valence-corrected chi connectivity index (χ0v) is 14.5. The molecule has 0 radical (unpaired) electrons. The number of fused-ring (bicyclic) bond motifs is 3. The van der Waals surface area contributed by atoms with Crippen LogP contribution in [0.1, 0.15) is 30.4 Å². The van der Waals surface area contributed by atoms with Crippen LogP contribution in [0.25, 0.3) is 11.0 Å². The molecule has 0 spiro atoms. The Morgan fingerprint density at radius 1 is 1.16 bits per heavy atom. The van der Waals surface area contributed by atoms with E-state index in [2.05, 4.69) is 0 Å². The highest BCUT2D eigenvalue weighted by Gasteiger charge is 2.34. The summed E-state index contributed by atoms with van der Waals surface area (Å²) in [7, 11) is 0. The summed E-state index contributed by atoms with van der Waals surface area (Å²) in [6, 6.07) is 14.9. The minimum Gasteiger partial charge on any atom is -0.464 e. The van der Waals surface area contributed by atoms with E-state index in [-0.39, 0.29) is 11.5 Å². The van der Waals surface area contributed by atoms with Crippen molar-refractivity contribution in [3.63, 3.8) is 0 Å². The van der Waals surface area contributed by atoms with E-state index in [1.807, 2.05) is 49.4 Å². The van der Waals surface area contributed by atoms with Crippen molar-refractivity contribution >= 4 is 22.6 Å². The molecule has 0 amide bonds. The Morgan fingerprint density at radius 2 is 1.92 bits per heavy atom. The Kier molecular flexibility index (Phi) is 4.24. The molecule has 1 aliphatic rings. The molecule has 3 aromatic rings. The molecule has 4 rings (SSSR count). The van der Waals surface area contributed by atoms with Crippen LogP contribution in [-0.2, 0) is 4.74 Å². The molecule has 0 bridgehead atoms. The van der Waals surface area contributed by atoms with E-state index in [1.165, 1.54) is 0 Å². The third-order valence-corrected chi connectivity index (χ3v) is 4.70. The van der Waals surface area contributed by atoms with E-state index in [4.69, 9.17) is 25.5 Å². The molecule has 2 aromatic carbocycles. The highest BCUT2D eigenvalue weighted by atomic mass is 35.5. The van der Waals surface area contributed by atoms with Gasteiger partial charge in [0.2, 0.25) is 6.29 Å². The average molecular weight is 357 g/mol. The molecule has 5 heteroatoms. The van der Waals surface area contributed by atoms with Gasteiger partial charge in [0.25, 0.3) is 0 Å². The van der Waals surface area contributed by atoms with Gasteiger partial charge >= 0.3 is 5.63 Å². The Labute approximate surface area is 149 Å². The summed E-state index contributed by atoms with van der Waals surface area (Å²) < 4.78 is 17.3. The van der Waals surface area contributed by atoms with Crippen molar-refractivity contribution in [1.82, 2.24) is 0 Å². The average Bonchev–Trinajstić information content (AvgIpc) is 2.62. The molecule has 0 N–H and O–H groups in total. The normalized spacial score (nSPS) is 19.4. The molecule has 25 heavy (non-hydrogen) atoms. The fourth-order valence-corrected chi connectivity index (χ4v) is 3.46. The summed E-state index contributed by atoms with van der Waals surface area (Å²) in [5, 5.41) is 1.43. The molecule has 1 aromatic heterocycles. The van der Waals surface area contributed by atoms with Gasteiger partial charge in [-0.25, -0.2) is 4.79 Å². The minimum atomic E-state index is -0.414. The van der Waals surface area contributed by atoms with E-state index < -0.39 is 6.29 Å². The van der Waals surface area contributed by atoms with Crippen molar-refractivity contribution in [2.24, 2.45) is 0 Å². The third-order valence-electron chi connectivity index (χ3n) is 4.45. The summed E-state index contributed by atoms with van der Waals surface area (Å²) in [6.45, 7) is 2.46. The molecular weight excluding hydrogens is 340 g/mol. The van der Waals surface area contributed by atoms with Crippen LogP contribution in [0.2, 0.25) is 5.02 Å². The zero-order valence-electron chi connectivity index (χ0n) is 13.7. The van der Waals surface area contributed by atoms with Crippen molar-refractivity contribution in [3.8, 4) is 5.75 Å². The van der Waals surface area contributed by atoms with Gasteiger partial charge in [-0.05, 0) is 36.8 Å². The first-order chi connectivity index (χ1) is 12.2. The molecule has 2 atom stereocenters. The first kappa shape index (κ1) is 16.2. The predicted molar refractivity (Wildman–Crippen MR) is 96.4 cm³/mol. The smallest absolute Gasteiger partial charge is 0.343 e. The maximum absolute atomic E-state index is 12.7. The highest BCUT2D eigenvalue weighted by molar-refractivity contribution is 6.30. The number of hydrogen-bond acceptors (Lipinski definition) is 4. The van der Waals surface area contributed by atoms with Gasteiger partial charge in [0.05, 0.1) is 10.9 Å². The molecule has 2 heterocycles. The van der Waals surface area contributed by atoms with Crippen LogP contribution in [0.5, 0.6) is 5.75 Å². The fourth-order valence-electron chi connectivity index (χ4n) is 3.34. The lowest BCUT2D eigenvalue weighted by molar-refractivity contribution is -0.0889. The Morgan fingerprint density at radius 3 is 2.68 bits per heavy atom. The molecule has 0 fully saturated rings.